The van der Waals surface area contributed by atoms with Crippen LogP contribution < -0.4 is 0 Å². The highest BCUT2D eigenvalue weighted by atomic mass is 19.1. The normalized spacial score (nSPS) is 22.2. The topological polar surface area (TPSA) is 55.8 Å². The molecule has 27 heavy (non-hydrogen) atoms. The van der Waals surface area contributed by atoms with E-state index in [4.69, 9.17) is 9.47 Å². The third-order valence-corrected chi connectivity index (χ3v) is 5.60. The van der Waals surface area contributed by atoms with Crippen LogP contribution >= 0.6 is 0 Å². The molecule has 1 aromatic carbocycles. The van der Waals surface area contributed by atoms with Crippen LogP contribution in [-0.4, -0.2) is 16.9 Å². The minimum Gasteiger partial charge on any atom is -0.457 e. The molecule has 5 heteroatoms. The molecular weight excluding hydrogens is 347 g/mol. The van der Waals surface area contributed by atoms with Gasteiger partial charge in [0.05, 0.1) is 11.7 Å². The minimum absolute atomic E-state index is 0.00707. The molecule has 0 aromatic heterocycles. The summed E-state index contributed by atoms with van der Waals surface area (Å²) in [4.78, 5) is 11.9. The Morgan fingerprint density at radius 1 is 1.26 bits per heavy atom. The smallest absolute Gasteiger partial charge is 0.337 e. The number of carbonyl (C=O) groups excluding carboxylic acids is 1. The minimum atomic E-state index is -1.29. The van der Waals surface area contributed by atoms with Gasteiger partial charge in [0, 0.05) is 20.3 Å². The second-order valence-electron chi connectivity index (χ2n) is 8.51. The van der Waals surface area contributed by atoms with E-state index < -0.39 is 17.4 Å². The molecule has 1 unspecified atom stereocenters. The summed E-state index contributed by atoms with van der Waals surface area (Å²) in [5.41, 5.74) is -0.116. The summed E-state index contributed by atoms with van der Waals surface area (Å²) in [6.07, 6.45) is 5.21. The second-order valence-corrected chi connectivity index (χ2v) is 8.51. The maximum atomic E-state index is 14.7. The molecule has 1 atom stereocenters. The third kappa shape index (κ3) is 4.18. The van der Waals surface area contributed by atoms with Crippen LogP contribution in [0.2, 0.25) is 0 Å². The van der Waals surface area contributed by atoms with Crippen molar-refractivity contribution in [2.45, 2.75) is 77.1 Å². The van der Waals surface area contributed by atoms with Gasteiger partial charge in [-0.15, -0.1) is 0 Å². The number of esters is 1. The molecule has 1 aliphatic carbocycles. The van der Waals surface area contributed by atoms with Crippen molar-refractivity contribution in [1.82, 2.24) is 0 Å². The first-order chi connectivity index (χ1) is 12.6. The summed E-state index contributed by atoms with van der Waals surface area (Å²) in [7, 11) is 0. The van der Waals surface area contributed by atoms with Gasteiger partial charge in [0.15, 0.2) is 0 Å². The number of hydrogen-bond acceptors (Lipinski definition) is 4. The van der Waals surface area contributed by atoms with Crippen LogP contribution in [0.5, 0.6) is 0 Å². The van der Waals surface area contributed by atoms with E-state index in [9.17, 15) is 14.3 Å². The number of hydrogen-bond donors (Lipinski definition) is 1. The van der Waals surface area contributed by atoms with Crippen molar-refractivity contribution >= 4 is 5.97 Å². The standard InChI is InChI=1S/C22H29FO4/c1-14(2)18-10-9-16(11-19(18)23)22(25,15-7-5-6-8-15)13-17-12-20(24)27-21(3,4)26-17/h9-12,14-15,25H,5-8,13H2,1-4H3. The van der Waals surface area contributed by atoms with E-state index in [2.05, 4.69) is 0 Å². The van der Waals surface area contributed by atoms with Gasteiger partial charge in [0.2, 0.25) is 5.79 Å². The van der Waals surface area contributed by atoms with E-state index >= 15 is 0 Å². The van der Waals surface area contributed by atoms with Crippen LogP contribution in [0, 0.1) is 11.7 Å². The highest BCUT2D eigenvalue weighted by Gasteiger charge is 2.43. The van der Waals surface area contributed by atoms with Crippen LogP contribution in [0.4, 0.5) is 4.39 Å². The molecule has 4 nitrogen and oxygen atoms in total. The third-order valence-electron chi connectivity index (χ3n) is 5.60. The predicted octanol–water partition coefficient (Wildman–Crippen LogP) is 4.91. The van der Waals surface area contributed by atoms with Gasteiger partial charge in [-0.1, -0.05) is 38.8 Å². The van der Waals surface area contributed by atoms with Crippen LogP contribution in [-0.2, 0) is 19.9 Å². The van der Waals surface area contributed by atoms with Crippen LogP contribution in [0.25, 0.3) is 0 Å². The van der Waals surface area contributed by atoms with Crippen molar-refractivity contribution in [2.24, 2.45) is 5.92 Å². The van der Waals surface area contributed by atoms with E-state index in [0.29, 0.717) is 16.9 Å². The van der Waals surface area contributed by atoms with Crippen molar-refractivity contribution in [3.8, 4) is 0 Å². The average Bonchev–Trinajstić information content (AvgIpc) is 3.07. The molecule has 2 aliphatic rings. The zero-order valence-electron chi connectivity index (χ0n) is 16.5. The van der Waals surface area contributed by atoms with E-state index in [1.54, 1.807) is 19.9 Å². The van der Waals surface area contributed by atoms with Gasteiger partial charge in [0.25, 0.3) is 0 Å². The molecule has 1 heterocycles. The summed E-state index contributed by atoms with van der Waals surface area (Å²) < 4.78 is 25.6. The first kappa shape index (κ1) is 19.9. The summed E-state index contributed by atoms with van der Waals surface area (Å²) in [5, 5.41) is 11.7. The number of rotatable bonds is 5. The molecule has 0 bridgehead atoms. The van der Waals surface area contributed by atoms with Crippen LogP contribution in [0.3, 0.4) is 0 Å². The molecule has 0 saturated heterocycles. The zero-order valence-corrected chi connectivity index (χ0v) is 16.5. The summed E-state index contributed by atoms with van der Waals surface area (Å²) in [5.74, 6) is -1.44. The van der Waals surface area contributed by atoms with Crippen LogP contribution in [0.1, 0.15) is 76.8 Å². The molecule has 3 rings (SSSR count). The van der Waals surface area contributed by atoms with Crippen molar-refractivity contribution in [2.75, 3.05) is 0 Å². The molecule has 1 saturated carbocycles. The van der Waals surface area contributed by atoms with E-state index in [0.717, 1.165) is 25.7 Å². The summed E-state index contributed by atoms with van der Waals surface area (Å²) >= 11 is 0. The monoisotopic (exact) mass is 376 g/mol. The van der Waals surface area contributed by atoms with Gasteiger partial charge in [-0.25, -0.2) is 9.18 Å². The van der Waals surface area contributed by atoms with Gasteiger partial charge < -0.3 is 14.6 Å². The highest BCUT2D eigenvalue weighted by Crippen LogP contribution is 2.46. The number of halogens is 1. The lowest BCUT2D eigenvalue weighted by molar-refractivity contribution is -0.209. The Labute approximate surface area is 160 Å². The maximum absolute atomic E-state index is 14.7. The molecule has 0 amide bonds. The van der Waals surface area contributed by atoms with Crippen molar-refractivity contribution < 1.29 is 23.8 Å². The quantitative estimate of drug-likeness (QED) is 0.742. The van der Waals surface area contributed by atoms with E-state index in [-0.39, 0.29) is 24.1 Å². The van der Waals surface area contributed by atoms with E-state index in [1.165, 1.54) is 12.1 Å². The summed E-state index contributed by atoms with van der Waals surface area (Å²) in [6, 6.07) is 5.01. The zero-order chi connectivity index (χ0) is 19.8. The number of benzene rings is 1. The Morgan fingerprint density at radius 3 is 2.48 bits per heavy atom. The number of carbonyl (C=O) groups is 1. The average molecular weight is 376 g/mol. The predicted molar refractivity (Wildman–Crippen MR) is 100 cm³/mol. The molecule has 1 N–H and O–H groups in total. The lowest BCUT2D eigenvalue weighted by atomic mass is 9.76. The van der Waals surface area contributed by atoms with Gasteiger partial charge in [-0.3, -0.25) is 0 Å². The fourth-order valence-electron chi connectivity index (χ4n) is 4.27. The molecule has 1 fully saturated rings. The Bertz CT molecular complexity index is 747. The highest BCUT2D eigenvalue weighted by molar-refractivity contribution is 5.83. The fraction of sp³-hybridized carbons (Fsp3) is 0.591. The Hall–Kier alpha value is -1.88. The number of ether oxygens (including phenoxy) is 2. The molecular formula is C22H29FO4. The molecule has 0 radical (unpaired) electrons. The number of aliphatic hydroxyl groups is 1. The molecule has 1 aliphatic heterocycles. The van der Waals surface area contributed by atoms with Gasteiger partial charge in [0.1, 0.15) is 11.6 Å². The SMILES string of the molecule is CC(C)c1ccc(C(O)(CC2=CC(=O)OC(C)(C)O2)C2CCCC2)cc1F. The second kappa shape index (κ2) is 7.27. The molecule has 1 aromatic rings. The lowest BCUT2D eigenvalue weighted by Gasteiger charge is -2.38. The van der Waals surface area contributed by atoms with Gasteiger partial charge in [-0.2, -0.15) is 0 Å². The Balaban J connectivity index is 1.98. The molecule has 0 spiro atoms. The first-order valence-corrected chi connectivity index (χ1v) is 9.75. The largest absolute Gasteiger partial charge is 0.457 e. The van der Waals surface area contributed by atoms with E-state index in [1.807, 2.05) is 19.9 Å². The van der Waals surface area contributed by atoms with Crippen LogP contribution in [0.15, 0.2) is 30.0 Å². The maximum Gasteiger partial charge on any atom is 0.337 e. The van der Waals surface area contributed by atoms with Crippen molar-refractivity contribution in [3.63, 3.8) is 0 Å². The number of cyclic esters (lactones) is 1. The Morgan fingerprint density at radius 2 is 1.93 bits per heavy atom. The van der Waals surface area contributed by atoms with Crippen molar-refractivity contribution in [1.29, 1.82) is 0 Å². The first-order valence-electron chi connectivity index (χ1n) is 9.75. The fourth-order valence-corrected chi connectivity index (χ4v) is 4.27. The van der Waals surface area contributed by atoms with Gasteiger partial charge >= 0.3 is 5.97 Å². The Kier molecular flexibility index (Phi) is 5.35. The van der Waals surface area contributed by atoms with Crippen molar-refractivity contribution in [3.05, 3.63) is 47.0 Å². The summed E-state index contributed by atoms with van der Waals surface area (Å²) in [6.45, 7) is 7.19. The lowest BCUT2D eigenvalue weighted by Crippen LogP contribution is -2.39. The van der Waals surface area contributed by atoms with Gasteiger partial charge in [-0.05, 0) is 41.9 Å². The molecule has 148 valence electrons.